The van der Waals surface area contributed by atoms with Gasteiger partial charge < -0.3 is 24.8 Å². The predicted molar refractivity (Wildman–Crippen MR) is 155 cm³/mol. The van der Waals surface area contributed by atoms with E-state index in [-0.39, 0.29) is 12.0 Å². The van der Waals surface area contributed by atoms with E-state index in [2.05, 4.69) is 60.3 Å². The normalized spacial score (nSPS) is 21.4. The minimum absolute atomic E-state index is 0.134. The zero-order valence-corrected chi connectivity index (χ0v) is 23.3. The number of guanidine groups is 1. The molecule has 1 N–H and O–H groups in total. The Morgan fingerprint density at radius 2 is 1.88 bits per heavy atom. The summed E-state index contributed by atoms with van der Waals surface area (Å²) in [5, 5.41) is 7.89. The van der Waals surface area contributed by atoms with Crippen molar-refractivity contribution in [1.29, 1.82) is 0 Å². The Kier molecular flexibility index (Phi) is 6.29. The van der Waals surface area contributed by atoms with Crippen LogP contribution in [0.25, 0.3) is 11.3 Å². The van der Waals surface area contributed by atoms with E-state index in [1.807, 2.05) is 30.9 Å². The summed E-state index contributed by atoms with van der Waals surface area (Å²) in [4.78, 5) is 32.1. The van der Waals surface area contributed by atoms with Crippen molar-refractivity contribution in [3.05, 3.63) is 53.3 Å². The number of benzene rings is 1. The van der Waals surface area contributed by atoms with Crippen LogP contribution in [0.2, 0.25) is 0 Å². The molecule has 11 nitrogen and oxygen atoms in total. The molecule has 5 aliphatic rings. The number of fused-ring (bicyclic) bond motifs is 4. The number of ether oxygens (including phenoxy) is 1. The summed E-state index contributed by atoms with van der Waals surface area (Å²) in [7, 11) is 4.11. The molecule has 40 heavy (non-hydrogen) atoms. The molecule has 2 fully saturated rings. The van der Waals surface area contributed by atoms with Gasteiger partial charge in [-0.3, -0.25) is 19.4 Å². The van der Waals surface area contributed by atoms with Crippen LogP contribution < -0.4 is 15.1 Å². The van der Waals surface area contributed by atoms with Crippen molar-refractivity contribution in [2.75, 3.05) is 74.6 Å². The maximum absolute atomic E-state index is 13.6. The summed E-state index contributed by atoms with van der Waals surface area (Å²) < 4.78 is 8.15. The third-order valence-electron chi connectivity index (χ3n) is 8.26. The second-order valence-corrected chi connectivity index (χ2v) is 11.2. The molecule has 208 valence electrons. The molecule has 5 aliphatic heterocycles. The van der Waals surface area contributed by atoms with Crippen LogP contribution in [-0.4, -0.2) is 102 Å². The highest BCUT2D eigenvalue weighted by Gasteiger charge is 2.33. The van der Waals surface area contributed by atoms with E-state index >= 15 is 0 Å². The molecule has 1 aromatic carbocycles. The quantitative estimate of drug-likeness (QED) is 0.524. The second kappa shape index (κ2) is 9.99. The Labute approximate surface area is 234 Å². The molecule has 3 aromatic rings. The molecule has 4 bridgehead atoms. The van der Waals surface area contributed by atoms with Gasteiger partial charge >= 0.3 is 0 Å². The monoisotopic (exact) mass is 541 g/mol. The number of hydrogen-bond acceptors (Lipinski definition) is 9. The number of nitrogens with zero attached hydrogens (tertiary/aromatic N) is 8. The van der Waals surface area contributed by atoms with E-state index in [0.29, 0.717) is 24.7 Å². The molecule has 0 unspecified atom stereocenters. The molecule has 0 radical (unpaired) electrons. The largest absolute Gasteiger partial charge is 0.373 e. The lowest BCUT2D eigenvalue weighted by molar-refractivity contribution is 0.0390. The van der Waals surface area contributed by atoms with E-state index in [1.54, 1.807) is 6.07 Å². The first kappa shape index (κ1) is 25.2. The third kappa shape index (κ3) is 4.63. The highest BCUT2D eigenvalue weighted by atomic mass is 16.5. The average molecular weight is 542 g/mol. The van der Waals surface area contributed by atoms with Gasteiger partial charge in [0.15, 0.2) is 0 Å². The highest BCUT2D eigenvalue weighted by Crippen LogP contribution is 2.36. The molecule has 2 saturated heterocycles. The Morgan fingerprint density at radius 3 is 2.70 bits per heavy atom. The van der Waals surface area contributed by atoms with E-state index in [9.17, 15) is 4.79 Å². The number of pyridine rings is 1. The number of aliphatic imine (C=N–C) groups is 1. The fourth-order valence-electron chi connectivity index (χ4n) is 5.99. The number of nitrogens with one attached hydrogen (secondary N) is 1. The Morgan fingerprint density at radius 1 is 1.05 bits per heavy atom. The summed E-state index contributed by atoms with van der Waals surface area (Å²) >= 11 is 0. The van der Waals surface area contributed by atoms with Crippen molar-refractivity contribution in [3.63, 3.8) is 0 Å². The number of carbonyl (C=O) groups is 1. The van der Waals surface area contributed by atoms with Gasteiger partial charge in [-0.05, 0) is 43.8 Å². The lowest BCUT2D eigenvalue weighted by Gasteiger charge is -2.41. The first-order valence-electron chi connectivity index (χ1n) is 14.0. The number of anilines is 3. The SMILES string of the molecule is Cc1cc2cc(n1)-c1cnn(C)c1N1CC(C1)OCCN1/C(=N\C2=O)Nc2ccc(CN3CCN(C)CC3)cc21. The molecule has 7 heterocycles. The molecule has 0 saturated carbocycles. The van der Waals surface area contributed by atoms with Gasteiger partial charge in [-0.15, -0.1) is 0 Å². The molecule has 1 amide bonds. The topological polar surface area (TPSA) is 94.4 Å². The van der Waals surface area contributed by atoms with Crippen molar-refractivity contribution in [3.8, 4) is 11.3 Å². The number of piperazine rings is 1. The van der Waals surface area contributed by atoms with Crippen LogP contribution in [-0.2, 0) is 18.3 Å². The number of aromatic nitrogens is 3. The molecule has 0 spiro atoms. The van der Waals surface area contributed by atoms with Crippen LogP contribution >= 0.6 is 0 Å². The van der Waals surface area contributed by atoms with Gasteiger partial charge in [0.2, 0.25) is 5.96 Å². The van der Waals surface area contributed by atoms with E-state index < -0.39 is 0 Å². The summed E-state index contributed by atoms with van der Waals surface area (Å²) in [5.74, 6) is 1.21. The summed E-state index contributed by atoms with van der Waals surface area (Å²) in [5.41, 5.74) is 6.14. The summed E-state index contributed by atoms with van der Waals surface area (Å²) in [6.07, 6.45) is 1.95. The molecular formula is C29H35N9O2. The van der Waals surface area contributed by atoms with Crippen molar-refractivity contribution >= 4 is 29.1 Å². The zero-order valence-electron chi connectivity index (χ0n) is 23.3. The minimum Gasteiger partial charge on any atom is -0.373 e. The standard InChI is InChI=1S/C29H35N9O2/c1-19-12-21-14-25(31-19)23-15-30-35(3)28(23)37-17-22(18-37)40-11-10-38-26-13-20(16-36-8-6-34(2)7-9-36)4-5-24(26)32-29(38)33-27(21)39/h4-5,12-15,22H,6-11,16-18H2,1-3H3,(H,32,33,39). The van der Waals surface area contributed by atoms with Crippen molar-refractivity contribution < 1.29 is 9.53 Å². The fraction of sp³-hybridized carbons (Fsp3) is 0.448. The van der Waals surface area contributed by atoms with Crippen LogP contribution in [0.1, 0.15) is 21.6 Å². The van der Waals surface area contributed by atoms with E-state index in [0.717, 1.165) is 80.0 Å². The average Bonchev–Trinajstić information content (AvgIpc) is 3.45. The second-order valence-electron chi connectivity index (χ2n) is 11.2. The van der Waals surface area contributed by atoms with E-state index in [1.165, 1.54) is 5.56 Å². The van der Waals surface area contributed by atoms with Gasteiger partial charge in [0.25, 0.3) is 5.91 Å². The Bertz CT molecular complexity index is 1480. The lowest BCUT2D eigenvalue weighted by atomic mass is 10.1. The number of carbonyl (C=O) groups excluding carboxylic acids is 1. The van der Waals surface area contributed by atoms with Crippen molar-refractivity contribution in [2.45, 2.75) is 19.6 Å². The Balaban J connectivity index is 1.22. The number of hydrogen-bond donors (Lipinski definition) is 1. The van der Waals surface area contributed by atoms with Gasteiger partial charge in [0.05, 0.1) is 41.5 Å². The number of rotatable bonds is 2. The van der Waals surface area contributed by atoms with Crippen LogP contribution in [0.15, 0.2) is 41.5 Å². The van der Waals surface area contributed by atoms with Crippen molar-refractivity contribution in [1.82, 2.24) is 24.6 Å². The number of likely N-dealkylation sites (N-methyl/N-ethyl adjacent to an activating group) is 1. The lowest BCUT2D eigenvalue weighted by Crippen LogP contribution is -2.53. The third-order valence-corrected chi connectivity index (χ3v) is 8.26. The molecule has 11 heteroatoms. The smallest absolute Gasteiger partial charge is 0.280 e. The van der Waals surface area contributed by atoms with Crippen LogP contribution in [0.3, 0.4) is 0 Å². The Hall–Kier alpha value is -3.80. The maximum atomic E-state index is 13.6. The van der Waals surface area contributed by atoms with Gasteiger partial charge in [0.1, 0.15) is 5.82 Å². The molecule has 0 atom stereocenters. The maximum Gasteiger partial charge on any atom is 0.280 e. The summed E-state index contributed by atoms with van der Waals surface area (Å²) in [6, 6.07) is 10.1. The van der Waals surface area contributed by atoms with Gasteiger partial charge in [0, 0.05) is 70.7 Å². The first-order chi connectivity index (χ1) is 19.4. The van der Waals surface area contributed by atoms with Crippen LogP contribution in [0, 0.1) is 6.92 Å². The molecule has 2 aromatic heterocycles. The van der Waals surface area contributed by atoms with Gasteiger partial charge in [-0.2, -0.15) is 10.1 Å². The van der Waals surface area contributed by atoms with Gasteiger partial charge in [-0.25, -0.2) is 0 Å². The highest BCUT2D eigenvalue weighted by molar-refractivity contribution is 6.19. The van der Waals surface area contributed by atoms with Crippen LogP contribution in [0.5, 0.6) is 0 Å². The zero-order chi connectivity index (χ0) is 27.4. The molecule has 0 aliphatic carbocycles. The van der Waals surface area contributed by atoms with Crippen molar-refractivity contribution in [2.24, 2.45) is 12.0 Å². The van der Waals surface area contributed by atoms with Gasteiger partial charge in [-0.1, -0.05) is 6.07 Å². The predicted octanol–water partition coefficient (Wildman–Crippen LogP) is 2.19. The number of aryl methyl sites for hydroxylation is 2. The molecule has 8 rings (SSSR count). The number of amides is 1. The van der Waals surface area contributed by atoms with E-state index in [4.69, 9.17) is 9.72 Å². The summed E-state index contributed by atoms with van der Waals surface area (Å²) in [6.45, 7) is 9.82. The fourth-order valence-corrected chi connectivity index (χ4v) is 5.99. The molecular weight excluding hydrogens is 506 g/mol. The minimum atomic E-state index is -0.310. The van der Waals surface area contributed by atoms with Crippen LogP contribution in [0.4, 0.5) is 17.2 Å². The first-order valence-corrected chi connectivity index (χ1v) is 14.0.